The Kier molecular flexibility index (Phi) is 8.87. The third-order valence-corrected chi connectivity index (χ3v) is 7.95. The van der Waals surface area contributed by atoms with Crippen LogP contribution in [0.15, 0.2) is 48.5 Å². The molecule has 0 bridgehead atoms. The SMILES string of the molecule is C[C@@H](O[C@@H]1COC[C@H](CN2CCC[C@@](C)(C(=O)O)C2)[C@@H]1c1ccccc1)c1cc(C(F)(F)F)cc(C(F)(F)F)c1. The molecular formula is C29H33F6NO4. The zero-order chi connectivity index (χ0) is 29.3. The maximum absolute atomic E-state index is 13.5. The number of alkyl halides is 6. The first kappa shape index (κ1) is 30.3. The number of ether oxygens (including phenoxy) is 2. The molecule has 2 fully saturated rings. The Hall–Kier alpha value is -2.63. The largest absolute Gasteiger partial charge is 0.481 e. The first-order valence-corrected chi connectivity index (χ1v) is 13.2. The van der Waals surface area contributed by atoms with Gasteiger partial charge in [-0.1, -0.05) is 30.3 Å². The van der Waals surface area contributed by atoms with Gasteiger partial charge in [-0.15, -0.1) is 0 Å². The molecule has 0 unspecified atom stereocenters. The summed E-state index contributed by atoms with van der Waals surface area (Å²) >= 11 is 0. The van der Waals surface area contributed by atoms with E-state index in [0.29, 0.717) is 44.8 Å². The van der Waals surface area contributed by atoms with Crippen LogP contribution < -0.4 is 0 Å². The van der Waals surface area contributed by atoms with Gasteiger partial charge in [-0.25, -0.2) is 0 Å². The Balaban J connectivity index is 1.61. The Bertz CT molecular complexity index is 1140. The van der Waals surface area contributed by atoms with E-state index in [1.54, 1.807) is 6.92 Å². The van der Waals surface area contributed by atoms with Crippen molar-refractivity contribution < 1.29 is 45.7 Å². The summed E-state index contributed by atoms with van der Waals surface area (Å²) in [6, 6.07) is 10.9. The number of nitrogens with zero attached hydrogens (tertiary/aromatic N) is 1. The molecule has 5 nitrogen and oxygen atoms in total. The Morgan fingerprint density at radius 2 is 1.70 bits per heavy atom. The molecule has 2 aromatic carbocycles. The van der Waals surface area contributed by atoms with Crippen LogP contribution in [0, 0.1) is 11.3 Å². The first-order valence-electron chi connectivity index (χ1n) is 13.2. The van der Waals surface area contributed by atoms with Gasteiger partial charge in [-0.05, 0) is 62.6 Å². The van der Waals surface area contributed by atoms with Gasteiger partial charge < -0.3 is 19.5 Å². The van der Waals surface area contributed by atoms with E-state index in [9.17, 15) is 36.2 Å². The van der Waals surface area contributed by atoms with E-state index in [4.69, 9.17) is 9.47 Å². The van der Waals surface area contributed by atoms with Crippen LogP contribution in [0.3, 0.4) is 0 Å². The van der Waals surface area contributed by atoms with Gasteiger partial charge in [0.15, 0.2) is 0 Å². The lowest BCUT2D eigenvalue weighted by Crippen LogP contribution is -2.50. The normalized spacial score (nSPS) is 27.4. The predicted molar refractivity (Wildman–Crippen MR) is 135 cm³/mol. The molecular weight excluding hydrogens is 540 g/mol. The Labute approximate surface area is 229 Å². The molecule has 2 saturated heterocycles. The molecule has 11 heteroatoms. The molecule has 40 heavy (non-hydrogen) atoms. The first-order chi connectivity index (χ1) is 18.7. The van der Waals surface area contributed by atoms with Crippen LogP contribution in [0.1, 0.15) is 61.0 Å². The molecule has 0 amide bonds. The van der Waals surface area contributed by atoms with Crippen LogP contribution in [0.4, 0.5) is 26.3 Å². The van der Waals surface area contributed by atoms with E-state index in [2.05, 4.69) is 4.90 Å². The van der Waals surface area contributed by atoms with E-state index >= 15 is 0 Å². The summed E-state index contributed by atoms with van der Waals surface area (Å²) < 4.78 is 92.8. The van der Waals surface area contributed by atoms with Crippen molar-refractivity contribution in [1.29, 1.82) is 0 Å². The number of aliphatic carboxylic acids is 1. The molecule has 5 atom stereocenters. The van der Waals surface area contributed by atoms with Crippen molar-refractivity contribution >= 4 is 5.97 Å². The quantitative estimate of drug-likeness (QED) is 0.370. The minimum atomic E-state index is -4.96. The summed E-state index contributed by atoms with van der Waals surface area (Å²) in [5.74, 6) is -1.27. The highest BCUT2D eigenvalue weighted by Gasteiger charge is 2.43. The molecule has 0 aliphatic carbocycles. The number of rotatable bonds is 7. The van der Waals surface area contributed by atoms with Gasteiger partial charge >= 0.3 is 18.3 Å². The highest BCUT2D eigenvalue weighted by atomic mass is 19.4. The lowest BCUT2D eigenvalue weighted by molar-refractivity contribution is -0.152. The maximum atomic E-state index is 13.5. The van der Waals surface area contributed by atoms with Crippen molar-refractivity contribution in [2.75, 3.05) is 32.8 Å². The number of benzene rings is 2. The number of halogens is 6. The zero-order valence-corrected chi connectivity index (χ0v) is 22.3. The summed E-state index contributed by atoms with van der Waals surface area (Å²) in [5, 5.41) is 9.73. The number of carboxylic acids is 1. The summed E-state index contributed by atoms with van der Waals surface area (Å²) in [6.45, 7) is 5.22. The van der Waals surface area contributed by atoms with E-state index in [0.717, 1.165) is 12.0 Å². The standard InChI is InChI=1S/C29H33F6NO4/c1-18(20-11-22(28(30,31)32)13-23(12-20)29(33,34)35)40-24-16-39-15-21(25(24)19-7-4-3-5-8-19)14-36-10-6-9-27(2,17-36)26(37)38/h3-5,7-8,11-13,18,21,24-25H,6,9-10,14-17H2,1-2H3,(H,37,38)/t18-,21+,24-,25+,27-/m1/s1. The molecule has 0 spiro atoms. The van der Waals surface area contributed by atoms with Crippen molar-refractivity contribution in [3.8, 4) is 0 Å². The lowest BCUT2D eigenvalue weighted by Gasteiger charge is -2.44. The minimum Gasteiger partial charge on any atom is -0.481 e. The van der Waals surface area contributed by atoms with Crippen LogP contribution in [-0.4, -0.2) is 54.9 Å². The smallest absolute Gasteiger partial charge is 0.416 e. The number of hydrogen-bond donors (Lipinski definition) is 1. The van der Waals surface area contributed by atoms with Gasteiger partial charge in [-0.3, -0.25) is 4.79 Å². The van der Waals surface area contributed by atoms with Crippen LogP contribution in [0.5, 0.6) is 0 Å². The zero-order valence-electron chi connectivity index (χ0n) is 22.3. The van der Waals surface area contributed by atoms with Gasteiger partial charge in [0.1, 0.15) is 0 Å². The van der Waals surface area contributed by atoms with Crippen LogP contribution >= 0.6 is 0 Å². The number of carbonyl (C=O) groups is 1. The van der Waals surface area contributed by atoms with Gasteiger partial charge in [0, 0.05) is 24.9 Å². The molecule has 0 radical (unpaired) electrons. The lowest BCUT2D eigenvalue weighted by atomic mass is 9.78. The van der Waals surface area contributed by atoms with Gasteiger partial charge in [0.05, 0.1) is 42.0 Å². The van der Waals surface area contributed by atoms with Crippen LogP contribution in [0.25, 0.3) is 0 Å². The molecule has 2 aliphatic heterocycles. The fourth-order valence-electron chi connectivity index (χ4n) is 5.86. The van der Waals surface area contributed by atoms with Crippen molar-refractivity contribution in [1.82, 2.24) is 4.90 Å². The summed E-state index contributed by atoms with van der Waals surface area (Å²) in [6.07, 6.45) is -10.4. The summed E-state index contributed by atoms with van der Waals surface area (Å²) in [5.41, 5.74) is -2.98. The number of piperidine rings is 1. The monoisotopic (exact) mass is 573 g/mol. The Morgan fingerprint density at radius 1 is 1.07 bits per heavy atom. The maximum Gasteiger partial charge on any atom is 0.416 e. The molecule has 220 valence electrons. The van der Waals surface area contributed by atoms with E-state index in [-0.39, 0.29) is 30.1 Å². The second kappa shape index (κ2) is 11.7. The second-order valence-corrected chi connectivity index (χ2v) is 11.1. The number of hydrogen-bond acceptors (Lipinski definition) is 4. The van der Waals surface area contributed by atoms with E-state index in [1.165, 1.54) is 6.92 Å². The van der Waals surface area contributed by atoms with Crippen LogP contribution in [-0.2, 0) is 26.6 Å². The molecule has 0 saturated carbocycles. The van der Waals surface area contributed by atoms with Crippen molar-refractivity contribution in [2.45, 2.75) is 57.2 Å². The van der Waals surface area contributed by atoms with E-state index in [1.807, 2.05) is 30.3 Å². The number of carboxylic acid groups (broad SMARTS) is 1. The minimum absolute atomic E-state index is 0.103. The van der Waals surface area contributed by atoms with Crippen molar-refractivity contribution in [2.24, 2.45) is 11.3 Å². The highest BCUT2D eigenvalue weighted by molar-refractivity contribution is 5.74. The summed E-state index contributed by atoms with van der Waals surface area (Å²) in [7, 11) is 0. The molecule has 4 rings (SSSR count). The van der Waals surface area contributed by atoms with Gasteiger partial charge in [0.25, 0.3) is 0 Å². The van der Waals surface area contributed by atoms with Crippen LogP contribution in [0.2, 0.25) is 0 Å². The molecule has 2 heterocycles. The summed E-state index contributed by atoms with van der Waals surface area (Å²) in [4.78, 5) is 14.0. The van der Waals surface area contributed by atoms with Crippen molar-refractivity contribution in [3.05, 3.63) is 70.8 Å². The third kappa shape index (κ3) is 6.98. The fourth-order valence-corrected chi connectivity index (χ4v) is 5.86. The van der Waals surface area contributed by atoms with Crippen molar-refractivity contribution in [3.63, 3.8) is 0 Å². The second-order valence-electron chi connectivity index (χ2n) is 11.1. The predicted octanol–water partition coefficient (Wildman–Crippen LogP) is 6.79. The highest BCUT2D eigenvalue weighted by Crippen LogP contribution is 2.41. The molecule has 0 aromatic heterocycles. The van der Waals surface area contributed by atoms with Gasteiger partial charge in [-0.2, -0.15) is 26.3 Å². The molecule has 2 aliphatic rings. The molecule has 1 N–H and O–H groups in total. The van der Waals surface area contributed by atoms with Gasteiger partial charge in [0.2, 0.25) is 0 Å². The fraction of sp³-hybridized carbons (Fsp3) is 0.552. The van der Waals surface area contributed by atoms with E-state index < -0.39 is 47.1 Å². The average molecular weight is 574 g/mol. The average Bonchev–Trinajstić information content (AvgIpc) is 2.88. The topological polar surface area (TPSA) is 59.0 Å². The third-order valence-electron chi connectivity index (χ3n) is 7.95. The number of likely N-dealkylation sites (tertiary alicyclic amines) is 1. The Morgan fingerprint density at radius 3 is 2.27 bits per heavy atom. The molecule has 2 aromatic rings.